The molecular weight excluding hydrogens is 306 g/mol. The molecule has 0 fully saturated rings. The lowest BCUT2D eigenvalue weighted by molar-refractivity contribution is 0.0533. The number of likely N-dealkylation sites (N-methyl/N-ethyl adjacent to an activating group) is 1. The number of nitrogens with one attached hydrogen (secondary N) is 1. The summed E-state index contributed by atoms with van der Waals surface area (Å²) in [6.07, 6.45) is 1.95. The lowest BCUT2D eigenvalue weighted by Gasteiger charge is -2.32. The van der Waals surface area contributed by atoms with Gasteiger partial charge in [0.15, 0.2) is 0 Å². The maximum atomic E-state index is 11.9. The molecule has 0 saturated carbocycles. The third-order valence-electron chi connectivity index (χ3n) is 3.46. The van der Waals surface area contributed by atoms with Crippen molar-refractivity contribution in [3.8, 4) is 0 Å². The molecule has 1 rings (SSSR count). The van der Waals surface area contributed by atoms with Crippen LogP contribution < -0.4 is 11.1 Å². The van der Waals surface area contributed by atoms with E-state index in [0.29, 0.717) is 17.2 Å². The van der Waals surface area contributed by atoms with Gasteiger partial charge in [0.1, 0.15) is 9.88 Å². The summed E-state index contributed by atoms with van der Waals surface area (Å²) in [6, 6.07) is 0. The molecule has 0 aromatic carbocycles. The second-order valence-electron chi connectivity index (χ2n) is 5.49. The number of carbonyl (C=O) groups excluding carboxylic acids is 1. The predicted octanol–water partition coefficient (Wildman–Crippen LogP) is 2.98. The lowest BCUT2D eigenvalue weighted by Crippen LogP contribution is -2.44. The fraction of sp³-hybridized carbons (Fsp3) is 0.643. The fourth-order valence-electron chi connectivity index (χ4n) is 1.55. The minimum Gasteiger partial charge on any atom is -0.462 e. The van der Waals surface area contributed by atoms with Crippen LogP contribution in [-0.4, -0.2) is 49.9 Å². The normalized spacial score (nSPS) is 11.8. The molecule has 0 amide bonds. The van der Waals surface area contributed by atoms with Crippen LogP contribution in [0.25, 0.3) is 0 Å². The Hall–Kier alpha value is -0.920. The highest BCUT2D eigenvalue weighted by molar-refractivity contribution is 7.99. The monoisotopic (exact) mass is 331 g/mol. The standard InChI is InChI=1S/C14H25N3O2S2/c1-7-19-13(18)11-9(15)10(20-6)12(21-11)16-8-14(2,3)17(4)5/h16H,7-8,15H2,1-6H3. The van der Waals surface area contributed by atoms with Crippen molar-refractivity contribution in [3.63, 3.8) is 0 Å². The van der Waals surface area contributed by atoms with Crippen molar-refractivity contribution in [1.29, 1.82) is 0 Å². The summed E-state index contributed by atoms with van der Waals surface area (Å²) in [5, 5.41) is 4.34. The van der Waals surface area contributed by atoms with E-state index in [1.807, 2.05) is 20.4 Å². The maximum Gasteiger partial charge on any atom is 0.350 e. The number of hydrogen-bond donors (Lipinski definition) is 2. The summed E-state index contributed by atoms with van der Waals surface area (Å²) in [4.78, 5) is 15.5. The summed E-state index contributed by atoms with van der Waals surface area (Å²) < 4.78 is 5.05. The number of ether oxygens (including phenoxy) is 1. The Kier molecular flexibility index (Phi) is 6.37. The van der Waals surface area contributed by atoms with Crippen molar-refractivity contribution in [3.05, 3.63) is 4.88 Å². The van der Waals surface area contributed by atoms with Crippen LogP contribution in [0, 0.1) is 0 Å². The second-order valence-corrected chi connectivity index (χ2v) is 7.33. The molecule has 0 aliphatic carbocycles. The number of rotatable bonds is 7. The predicted molar refractivity (Wildman–Crippen MR) is 92.7 cm³/mol. The fourth-order valence-corrected chi connectivity index (χ4v) is 3.48. The SMILES string of the molecule is CCOC(=O)c1sc(NCC(C)(C)N(C)C)c(SC)c1N. The Balaban J connectivity index is 2.97. The third-order valence-corrected chi connectivity index (χ3v) is 5.56. The van der Waals surface area contributed by atoms with Crippen molar-refractivity contribution >= 4 is 39.8 Å². The van der Waals surface area contributed by atoms with E-state index >= 15 is 0 Å². The average Bonchev–Trinajstić information content (AvgIpc) is 2.73. The average molecular weight is 332 g/mol. The Bertz CT molecular complexity index is 499. The van der Waals surface area contributed by atoms with Crippen molar-refractivity contribution in [1.82, 2.24) is 4.90 Å². The molecule has 0 aliphatic rings. The Labute approximate surface area is 135 Å². The molecule has 1 aromatic rings. The molecule has 0 atom stereocenters. The molecule has 3 N–H and O–H groups in total. The molecule has 21 heavy (non-hydrogen) atoms. The number of nitrogens with two attached hydrogens (primary N) is 1. The minimum absolute atomic E-state index is 0.00147. The van der Waals surface area contributed by atoms with Gasteiger partial charge in [-0.25, -0.2) is 4.79 Å². The molecule has 0 spiro atoms. The molecule has 0 saturated heterocycles. The van der Waals surface area contributed by atoms with Gasteiger partial charge in [0.05, 0.1) is 17.2 Å². The first-order valence-corrected chi connectivity index (χ1v) is 8.83. The van der Waals surface area contributed by atoms with Gasteiger partial charge in [-0.05, 0) is 41.1 Å². The number of hydrogen-bond acceptors (Lipinski definition) is 7. The van der Waals surface area contributed by atoms with Gasteiger partial charge >= 0.3 is 5.97 Å². The molecule has 7 heteroatoms. The van der Waals surface area contributed by atoms with Crippen LogP contribution in [0.3, 0.4) is 0 Å². The van der Waals surface area contributed by atoms with E-state index in [2.05, 4.69) is 24.1 Å². The van der Waals surface area contributed by atoms with Crippen LogP contribution in [0.1, 0.15) is 30.4 Å². The number of carbonyl (C=O) groups is 1. The van der Waals surface area contributed by atoms with Crippen molar-refractivity contribution in [2.24, 2.45) is 0 Å². The summed E-state index contributed by atoms with van der Waals surface area (Å²) in [7, 11) is 4.09. The number of thiophene rings is 1. The molecule has 0 bridgehead atoms. The Morgan fingerprint density at radius 1 is 1.48 bits per heavy atom. The molecule has 0 aliphatic heterocycles. The number of esters is 1. The number of nitrogen functional groups attached to an aromatic ring is 1. The van der Waals surface area contributed by atoms with Gasteiger partial charge in [0, 0.05) is 12.1 Å². The van der Waals surface area contributed by atoms with Gasteiger partial charge in [0.2, 0.25) is 0 Å². The van der Waals surface area contributed by atoms with Crippen molar-refractivity contribution in [2.45, 2.75) is 31.2 Å². The quantitative estimate of drug-likeness (QED) is 0.591. The van der Waals surface area contributed by atoms with Crippen molar-refractivity contribution < 1.29 is 9.53 Å². The van der Waals surface area contributed by atoms with Crippen molar-refractivity contribution in [2.75, 3.05) is 44.6 Å². The zero-order valence-corrected chi connectivity index (χ0v) is 15.2. The zero-order valence-electron chi connectivity index (χ0n) is 13.6. The largest absolute Gasteiger partial charge is 0.462 e. The zero-order chi connectivity index (χ0) is 16.2. The van der Waals surface area contributed by atoms with E-state index in [4.69, 9.17) is 10.5 Å². The van der Waals surface area contributed by atoms with Crippen LogP contribution in [0.4, 0.5) is 10.7 Å². The van der Waals surface area contributed by atoms with Crippen LogP contribution in [0.5, 0.6) is 0 Å². The van der Waals surface area contributed by atoms with Gasteiger partial charge < -0.3 is 20.7 Å². The highest BCUT2D eigenvalue weighted by atomic mass is 32.2. The van der Waals surface area contributed by atoms with Gasteiger partial charge in [-0.1, -0.05) is 0 Å². The Morgan fingerprint density at radius 2 is 2.10 bits per heavy atom. The third kappa shape index (κ3) is 4.28. The lowest BCUT2D eigenvalue weighted by atomic mass is 10.0. The minimum atomic E-state index is -0.352. The molecule has 0 unspecified atom stereocenters. The highest BCUT2D eigenvalue weighted by Crippen LogP contribution is 2.42. The smallest absolute Gasteiger partial charge is 0.350 e. The second kappa shape index (κ2) is 7.38. The molecule has 1 aromatic heterocycles. The molecule has 5 nitrogen and oxygen atoms in total. The maximum absolute atomic E-state index is 11.9. The number of nitrogens with zero attached hydrogens (tertiary/aromatic N) is 1. The summed E-state index contributed by atoms with van der Waals surface area (Å²) in [5.41, 5.74) is 6.59. The van der Waals surface area contributed by atoms with E-state index in [1.54, 1.807) is 6.92 Å². The first kappa shape index (κ1) is 18.1. The van der Waals surface area contributed by atoms with Crippen LogP contribution in [0.15, 0.2) is 4.90 Å². The molecule has 0 radical (unpaired) electrons. The van der Waals surface area contributed by atoms with E-state index in [0.717, 1.165) is 16.4 Å². The summed E-state index contributed by atoms with van der Waals surface area (Å²) >= 11 is 2.90. The molecule has 1 heterocycles. The summed E-state index contributed by atoms with van der Waals surface area (Å²) in [5.74, 6) is -0.352. The van der Waals surface area contributed by atoms with Crippen LogP contribution in [0.2, 0.25) is 0 Å². The topological polar surface area (TPSA) is 67.6 Å². The summed E-state index contributed by atoms with van der Waals surface area (Å²) in [6.45, 7) is 7.21. The first-order chi connectivity index (χ1) is 9.74. The number of thioether (sulfide) groups is 1. The van der Waals surface area contributed by atoms with E-state index in [-0.39, 0.29) is 11.5 Å². The van der Waals surface area contributed by atoms with Gasteiger partial charge in [-0.2, -0.15) is 0 Å². The first-order valence-electron chi connectivity index (χ1n) is 6.79. The van der Waals surface area contributed by atoms with Gasteiger partial charge in [0.25, 0.3) is 0 Å². The molecule has 120 valence electrons. The van der Waals surface area contributed by atoms with Crippen LogP contribution in [-0.2, 0) is 4.74 Å². The van der Waals surface area contributed by atoms with Crippen LogP contribution >= 0.6 is 23.1 Å². The highest BCUT2D eigenvalue weighted by Gasteiger charge is 2.24. The van der Waals surface area contributed by atoms with Gasteiger partial charge in [-0.3, -0.25) is 0 Å². The van der Waals surface area contributed by atoms with E-state index in [1.165, 1.54) is 23.1 Å². The van der Waals surface area contributed by atoms with Gasteiger partial charge in [-0.15, -0.1) is 23.1 Å². The Morgan fingerprint density at radius 3 is 2.57 bits per heavy atom. The molecular formula is C14H25N3O2S2. The number of anilines is 2. The van der Waals surface area contributed by atoms with E-state index in [9.17, 15) is 4.79 Å². The van der Waals surface area contributed by atoms with E-state index < -0.39 is 0 Å².